The van der Waals surface area contributed by atoms with Gasteiger partial charge >= 0.3 is 23.6 Å². The van der Waals surface area contributed by atoms with E-state index in [0.717, 1.165) is 0 Å². The topological polar surface area (TPSA) is 156 Å². The van der Waals surface area contributed by atoms with Crippen LogP contribution in [0.5, 0.6) is 0 Å². The van der Waals surface area contributed by atoms with Crippen molar-refractivity contribution in [3.63, 3.8) is 0 Å². The molecule has 0 saturated heterocycles. The van der Waals surface area contributed by atoms with Crippen LogP contribution in [0.1, 0.15) is 0 Å². The third-order valence-electron chi connectivity index (χ3n) is 1.42. The summed E-state index contributed by atoms with van der Waals surface area (Å²) in [6, 6.07) is 0. The predicted octanol–water partition coefficient (Wildman–Crippen LogP) is -4.70. The summed E-state index contributed by atoms with van der Waals surface area (Å²) in [6.07, 6.45) is -6.84. The summed E-state index contributed by atoms with van der Waals surface area (Å²) in [5.74, 6) is 0. The minimum atomic E-state index is -1.94. The van der Waals surface area contributed by atoms with Crippen LogP contribution >= 0.6 is 0 Å². The van der Waals surface area contributed by atoms with Gasteiger partial charge in [-0.15, -0.1) is 0 Å². The zero-order chi connectivity index (χ0) is 12.4. The van der Waals surface area contributed by atoms with E-state index in [1.54, 1.807) is 0 Å². The first kappa shape index (κ1) is 17.0. The zero-order valence-electron chi connectivity index (χ0n) is 7.67. The van der Waals surface area contributed by atoms with Gasteiger partial charge in [0.05, 0.1) is 6.61 Å². The summed E-state index contributed by atoms with van der Waals surface area (Å²) in [7, 11) is 0. The van der Waals surface area contributed by atoms with Gasteiger partial charge in [0.2, 0.25) is 0 Å². The molecule has 0 aromatic carbocycles. The van der Waals surface area contributed by atoms with Crippen LogP contribution in [-0.2, 0) is 8.57 Å². The molecule has 90 valence electrons. The Labute approximate surface area is 91.8 Å². The number of carbonyl (C=O) groups is 1. The molecule has 0 bridgehead atoms. The summed E-state index contributed by atoms with van der Waals surface area (Å²) in [5.41, 5.74) is 0. The van der Waals surface area contributed by atoms with Gasteiger partial charge in [-0.3, -0.25) is 0 Å². The molecule has 15 heavy (non-hydrogen) atoms. The van der Waals surface area contributed by atoms with Crippen LogP contribution in [0.3, 0.4) is 0 Å². The molecule has 0 rings (SSSR count). The Hall–Kier alpha value is -0.387. The van der Waals surface area contributed by atoms with Crippen molar-refractivity contribution in [2.75, 3.05) is 6.61 Å². The molecule has 0 aromatic heterocycles. The van der Waals surface area contributed by atoms with Gasteiger partial charge in [-0.1, -0.05) is 0 Å². The molecule has 0 aliphatic heterocycles. The molecule has 0 heterocycles. The van der Waals surface area contributed by atoms with Crippen molar-refractivity contribution in [3.05, 3.63) is 0 Å². The van der Waals surface area contributed by atoms with Crippen LogP contribution < -0.4 is 0 Å². The molecular formula is C6H14GeO8. The summed E-state index contributed by atoms with van der Waals surface area (Å²) in [5, 5.41) is 43.5. The maximum atomic E-state index is 9.90. The van der Waals surface area contributed by atoms with E-state index in [9.17, 15) is 4.79 Å². The van der Waals surface area contributed by atoms with E-state index in [1.807, 2.05) is 0 Å². The fraction of sp³-hybridized carbons (Fsp3) is 0.833. The van der Waals surface area contributed by atoms with Crippen LogP contribution in [0.25, 0.3) is 0 Å². The van der Waals surface area contributed by atoms with Crippen molar-refractivity contribution in [1.82, 2.24) is 0 Å². The number of aliphatic hydroxyl groups is 5. The van der Waals surface area contributed by atoms with Gasteiger partial charge in [0.1, 0.15) is 24.4 Å². The number of carbonyl (C=O) groups excluding carboxylic acids is 1. The maximum absolute atomic E-state index is 9.90. The molecule has 8 nitrogen and oxygen atoms in total. The standard InChI is InChI=1S/C6H12O6.GeH2O2/c7-1-3(9)5(11)6(12)4(10)2-8;2-1-3/h1,3-6,8-12H,2H2;1-2H/t3-,4+,5+,6+;/m0./s1. The minimum absolute atomic E-state index is 0.0258. The summed E-state index contributed by atoms with van der Waals surface area (Å²) >= 11 is -1.94. The Kier molecular flexibility index (Phi) is 11.5. The molecule has 0 saturated carbocycles. The monoisotopic (exact) mass is 288 g/mol. The van der Waals surface area contributed by atoms with Gasteiger partial charge in [-0.25, -0.2) is 0 Å². The Bertz CT molecular complexity index is 177. The van der Waals surface area contributed by atoms with Crippen LogP contribution in [-0.4, -0.2) is 82.7 Å². The second kappa shape index (κ2) is 10.1. The van der Waals surface area contributed by atoms with Gasteiger partial charge in [0, 0.05) is 0 Å². The Morgan fingerprint density at radius 3 is 1.80 bits per heavy atom. The van der Waals surface area contributed by atoms with Crippen molar-refractivity contribution in [2.24, 2.45) is 0 Å². The summed E-state index contributed by atoms with van der Waals surface area (Å²) in [4.78, 5) is 9.90. The number of aldehydes is 1. The molecule has 9 heteroatoms. The molecule has 0 aromatic rings. The van der Waals surface area contributed by atoms with Crippen molar-refractivity contribution >= 4 is 22.0 Å². The second-order valence-electron chi connectivity index (χ2n) is 2.46. The molecule has 0 fully saturated rings. The Morgan fingerprint density at radius 1 is 1.13 bits per heavy atom. The van der Waals surface area contributed by atoms with Crippen LogP contribution in [0, 0.1) is 0 Å². The molecular weight excluding hydrogens is 273 g/mol. The number of rotatable bonds is 5. The normalized spacial score (nSPS) is 17.7. The van der Waals surface area contributed by atoms with Gasteiger partial charge in [0.25, 0.3) is 0 Å². The van der Waals surface area contributed by atoms with Gasteiger partial charge in [0.15, 0.2) is 6.29 Å². The zero-order valence-corrected chi connectivity index (χ0v) is 10.1. The molecule has 6 N–H and O–H groups in total. The van der Waals surface area contributed by atoms with E-state index in [1.165, 1.54) is 0 Å². The van der Waals surface area contributed by atoms with Crippen molar-refractivity contribution in [1.29, 1.82) is 0 Å². The Morgan fingerprint density at radius 2 is 1.53 bits per heavy atom. The third-order valence-corrected chi connectivity index (χ3v) is 1.42. The SMILES string of the molecule is O=C[C@H](O)[C@@H](O)[C@H](O)[C@H](O)CO.[O]=[GeH][OH]. The van der Waals surface area contributed by atoms with Crippen molar-refractivity contribution in [2.45, 2.75) is 24.4 Å². The number of hydrogen-bond acceptors (Lipinski definition) is 7. The van der Waals surface area contributed by atoms with Gasteiger partial charge in [-0.2, -0.15) is 0 Å². The molecule has 0 spiro atoms. The first-order valence-corrected chi connectivity index (χ1v) is 5.89. The molecule has 0 radical (unpaired) electrons. The first-order valence-electron chi connectivity index (χ1n) is 3.82. The molecule has 0 amide bonds. The third kappa shape index (κ3) is 7.53. The second-order valence-corrected chi connectivity index (χ2v) is 2.91. The van der Waals surface area contributed by atoms with E-state index in [4.69, 9.17) is 33.4 Å². The predicted molar refractivity (Wildman–Crippen MR) is 47.2 cm³/mol. The van der Waals surface area contributed by atoms with Crippen LogP contribution in [0.2, 0.25) is 0 Å². The van der Waals surface area contributed by atoms with E-state index in [-0.39, 0.29) is 6.29 Å². The molecule has 0 unspecified atom stereocenters. The number of hydrogen-bond donors (Lipinski definition) is 6. The molecule has 0 aliphatic rings. The van der Waals surface area contributed by atoms with Crippen molar-refractivity contribution < 1.29 is 38.2 Å². The summed E-state index contributed by atoms with van der Waals surface area (Å²) < 4.78 is 15.8. The van der Waals surface area contributed by atoms with E-state index < -0.39 is 46.7 Å². The average molecular weight is 287 g/mol. The fourth-order valence-electron chi connectivity index (χ4n) is 0.618. The van der Waals surface area contributed by atoms with E-state index in [0.29, 0.717) is 0 Å². The average Bonchev–Trinajstić information content (AvgIpc) is 2.25. The van der Waals surface area contributed by atoms with Gasteiger partial charge < -0.3 is 30.3 Å². The number of aliphatic hydroxyl groups excluding tert-OH is 5. The van der Waals surface area contributed by atoms with Crippen molar-refractivity contribution in [3.8, 4) is 0 Å². The van der Waals surface area contributed by atoms with Crippen LogP contribution in [0.4, 0.5) is 0 Å². The molecule has 0 aliphatic carbocycles. The quantitative estimate of drug-likeness (QED) is 0.217. The first-order chi connectivity index (χ1) is 6.95. The Balaban J connectivity index is 0. The summed E-state index contributed by atoms with van der Waals surface area (Å²) in [6.45, 7) is -0.760. The molecule has 4 atom stereocenters. The fourth-order valence-corrected chi connectivity index (χ4v) is 0.618. The van der Waals surface area contributed by atoms with Crippen LogP contribution in [0.15, 0.2) is 0 Å². The van der Waals surface area contributed by atoms with E-state index in [2.05, 4.69) is 0 Å². The van der Waals surface area contributed by atoms with Gasteiger partial charge in [-0.05, 0) is 0 Å². The van der Waals surface area contributed by atoms with E-state index >= 15 is 0 Å².